The van der Waals surface area contributed by atoms with E-state index in [1.54, 1.807) is 6.33 Å². The number of nitrogens with zero attached hydrogens (tertiary/aromatic N) is 3. The van der Waals surface area contributed by atoms with Gasteiger partial charge >= 0.3 is 0 Å². The second kappa shape index (κ2) is 6.22. The van der Waals surface area contributed by atoms with Gasteiger partial charge in [0.15, 0.2) is 0 Å². The van der Waals surface area contributed by atoms with Gasteiger partial charge in [-0.2, -0.15) is 0 Å². The van der Waals surface area contributed by atoms with E-state index in [0.717, 1.165) is 18.2 Å². The maximum absolute atomic E-state index is 4.61. The minimum absolute atomic E-state index is 0.429. The van der Waals surface area contributed by atoms with Crippen molar-refractivity contribution in [3.63, 3.8) is 0 Å². The van der Waals surface area contributed by atoms with Crippen molar-refractivity contribution in [3.8, 4) is 0 Å². The Bertz CT molecular complexity index is 417. The van der Waals surface area contributed by atoms with Crippen molar-refractivity contribution in [1.82, 2.24) is 9.97 Å². The number of hydrogen-bond acceptors (Lipinski definition) is 4. The topological polar surface area (TPSA) is 41.1 Å². The first-order chi connectivity index (χ1) is 9.19. The summed E-state index contributed by atoms with van der Waals surface area (Å²) in [5, 5.41) is 3.21. The molecular formula is C15H26N4. The molecule has 1 N–H and O–H groups in total. The molecule has 4 nitrogen and oxygen atoms in total. The summed E-state index contributed by atoms with van der Waals surface area (Å²) in [5.74, 6) is 2.54. The molecule has 0 saturated carbocycles. The van der Waals surface area contributed by atoms with Crippen LogP contribution in [-0.2, 0) is 0 Å². The van der Waals surface area contributed by atoms with E-state index < -0.39 is 0 Å². The van der Waals surface area contributed by atoms with Gasteiger partial charge in [0.25, 0.3) is 0 Å². The lowest BCUT2D eigenvalue weighted by atomic mass is 9.97. The summed E-state index contributed by atoms with van der Waals surface area (Å²) in [6.45, 7) is 7.83. The Balaban J connectivity index is 2.42. The molecule has 0 spiro atoms. The van der Waals surface area contributed by atoms with E-state index >= 15 is 0 Å². The summed E-state index contributed by atoms with van der Waals surface area (Å²) >= 11 is 0. The summed E-state index contributed by atoms with van der Waals surface area (Å²) in [6, 6.07) is 0.630. The monoisotopic (exact) mass is 262 g/mol. The second-order valence-electron chi connectivity index (χ2n) is 5.62. The lowest BCUT2D eigenvalue weighted by Gasteiger charge is -2.38. The van der Waals surface area contributed by atoms with Crippen LogP contribution in [0.3, 0.4) is 0 Å². The second-order valence-corrected chi connectivity index (χ2v) is 5.62. The zero-order chi connectivity index (χ0) is 13.8. The minimum atomic E-state index is 0.429. The standard InChI is InChI=1S/C15H26N4/c1-5-12-8-6-7-9-19(12)15-13(11(2)3)14(16-4)17-10-18-15/h10-12H,5-9H2,1-4H3,(H,16,17,18). The molecule has 0 aromatic carbocycles. The molecule has 106 valence electrons. The lowest BCUT2D eigenvalue weighted by Crippen LogP contribution is -2.40. The zero-order valence-corrected chi connectivity index (χ0v) is 12.6. The highest BCUT2D eigenvalue weighted by atomic mass is 15.2. The summed E-state index contributed by atoms with van der Waals surface area (Å²) in [7, 11) is 1.94. The van der Waals surface area contributed by atoms with Crippen LogP contribution < -0.4 is 10.2 Å². The van der Waals surface area contributed by atoms with Gasteiger partial charge in [-0.05, 0) is 31.6 Å². The Labute approximate surface area is 116 Å². The molecule has 0 bridgehead atoms. The van der Waals surface area contributed by atoms with Gasteiger partial charge in [0.05, 0.1) is 0 Å². The molecule has 0 radical (unpaired) electrons. The van der Waals surface area contributed by atoms with Crippen molar-refractivity contribution >= 4 is 11.6 Å². The van der Waals surface area contributed by atoms with E-state index in [-0.39, 0.29) is 0 Å². The molecule has 1 fully saturated rings. The highest BCUT2D eigenvalue weighted by molar-refractivity contribution is 5.60. The lowest BCUT2D eigenvalue weighted by molar-refractivity contribution is 0.445. The van der Waals surface area contributed by atoms with Gasteiger partial charge in [0.2, 0.25) is 0 Å². The average Bonchev–Trinajstić information content (AvgIpc) is 2.46. The number of anilines is 2. The summed E-state index contributed by atoms with van der Waals surface area (Å²) in [6.07, 6.45) is 6.78. The van der Waals surface area contributed by atoms with Crippen molar-refractivity contribution < 1.29 is 0 Å². The molecule has 1 aromatic rings. The highest BCUT2D eigenvalue weighted by Crippen LogP contribution is 2.34. The van der Waals surface area contributed by atoms with Gasteiger partial charge in [0, 0.05) is 25.2 Å². The van der Waals surface area contributed by atoms with Crippen LogP contribution in [0.4, 0.5) is 11.6 Å². The molecule has 0 amide bonds. The Morgan fingerprint density at radius 2 is 2.16 bits per heavy atom. The Kier molecular flexibility index (Phi) is 4.61. The molecular weight excluding hydrogens is 236 g/mol. The largest absolute Gasteiger partial charge is 0.373 e. The fraction of sp³-hybridized carbons (Fsp3) is 0.733. The van der Waals surface area contributed by atoms with E-state index in [2.05, 4.69) is 41.0 Å². The van der Waals surface area contributed by atoms with Gasteiger partial charge in [-0.25, -0.2) is 9.97 Å². The fourth-order valence-electron chi connectivity index (χ4n) is 3.05. The Morgan fingerprint density at radius 1 is 1.37 bits per heavy atom. The number of nitrogens with one attached hydrogen (secondary N) is 1. The van der Waals surface area contributed by atoms with Crippen LogP contribution in [0.2, 0.25) is 0 Å². The minimum Gasteiger partial charge on any atom is -0.373 e. The van der Waals surface area contributed by atoms with E-state index in [0.29, 0.717) is 12.0 Å². The summed E-state index contributed by atoms with van der Waals surface area (Å²) < 4.78 is 0. The number of rotatable bonds is 4. The number of aromatic nitrogens is 2. The third-order valence-corrected chi connectivity index (χ3v) is 4.05. The van der Waals surface area contributed by atoms with E-state index in [1.807, 2.05) is 7.05 Å². The molecule has 4 heteroatoms. The zero-order valence-electron chi connectivity index (χ0n) is 12.6. The predicted octanol–water partition coefficient (Wildman–Crippen LogP) is 3.41. The molecule has 1 aliphatic heterocycles. The van der Waals surface area contributed by atoms with Gasteiger partial charge < -0.3 is 10.2 Å². The maximum Gasteiger partial charge on any atom is 0.137 e. The maximum atomic E-state index is 4.61. The normalized spacial score (nSPS) is 19.8. The highest BCUT2D eigenvalue weighted by Gasteiger charge is 2.26. The van der Waals surface area contributed by atoms with E-state index in [1.165, 1.54) is 31.2 Å². The molecule has 19 heavy (non-hydrogen) atoms. The van der Waals surface area contributed by atoms with Gasteiger partial charge in [-0.3, -0.25) is 0 Å². The fourth-order valence-corrected chi connectivity index (χ4v) is 3.05. The van der Waals surface area contributed by atoms with Crippen LogP contribution in [0.15, 0.2) is 6.33 Å². The summed E-state index contributed by atoms with van der Waals surface area (Å²) in [5.41, 5.74) is 1.25. The molecule has 2 heterocycles. The molecule has 1 unspecified atom stereocenters. The molecule has 2 rings (SSSR count). The van der Waals surface area contributed by atoms with Gasteiger partial charge in [-0.15, -0.1) is 0 Å². The first kappa shape index (κ1) is 14.1. The predicted molar refractivity (Wildman–Crippen MR) is 80.9 cm³/mol. The third-order valence-electron chi connectivity index (χ3n) is 4.05. The van der Waals surface area contributed by atoms with Crippen molar-refractivity contribution in [2.45, 2.75) is 58.4 Å². The number of piperidine rings is 1. The molecule has 1 aliphatic rings. The first-order valence-corrected chi connectivity index (χ1v) is 7.48. The average molecular weight is 262 g/mol. The van der Waals surface area contributed by atoms with Crippen molar-refractivity contribution in [2.75, 3.05) is 23.8 Å². The van der Waals surface area contributed by atoms with Crippen LogP contribution in [-0.4, -0.2) is 29.6 Å². The van der Waals surface area contributed by atoms with E-state index in [4.69, 9.17) is 0 Å². The van der Waals surface area contributed by atoms with Gasteiger partial charge in [-0.1, -0.05) is 20.8 Å². The van der Waals surface area contributed by atoms with Crippen LogP contribution in [0.1, 0.15) is 57.9 Å². The molecule has 1 saturated heterocycles. The van der Waals surface area contributed by atoms with E-state index in [9.17, 15) is 0 Å². The van der Waals surface area contributed by atoms with Crippen molar-refractivity contribution in [2.24, 2.45) is 0 Å². The van der Waals surface area contributed by atoms with Gasteiger partial charge in [0.1, 0.15) is 18.0 Å². The third kappa shape index (κ3) is 2.82. The SMILES string of the molecule is CCC1CCCCN1c1ncnc(NC)c1C(C)C. The Morgan fingerprint density at radius 3 is 2.79 bits per heavy atom. The molecule has 1 aromatic heterocycles. The smallest absolute Gasteiger partial charge is 0.137 e. The van der Waals surface area contributed by atoms with Crippen LogP contribution in [0, 0.1) is 0 Å². The number of hydrogen-bond donors (Lipinski definition) is 1. The van der Waals surface area contributed by atoms with Crippen LogP contribution >= 0.6 is 0 Å². The van der Waals surface area contributed by atoms with Crippen LogP contribution in [0.5, 0.6) is 0 Å². The Hall–Kier alpha value is -1.32. The first-order valence-electron chi connectivity index (χ1n) is 7.48. The summed E-state index contributed by atoms with van der Waals surface area (Å²) in [4.78, 5) is 11.5. The van der Waals surface area contributed by atoms with Crippen LogP contribution in [0.25, 0.3) is 0 Å². The van der Waals surface area contributed by atoms with Crippen molar-refractivity contribution in [1.29, 1.82) is 0 Å². The van der Waals surface area contributed by atoms with Crippen molar-refractivity contribution in [3.05, 3.63) is 11.9 Å². The molecule has 0 aliphatic carbocycles. The quantitative estimate of drug-likeness (QED) is 0.903. The molecule has 1 atom stereocenters.